The Labute approximate surface area is 164 Å². The fourth-order valence-electron chi connectivity index (χ4n) is 4.70. The van der Waals surface area contributed by atoms with Crippen LogP contribution in [0.3, 0.4) is 0 Å². The molecule has 27 heavy (non-hydrogen) atoms. The van der Waals surface area contributed by atoms with Gasteiger partial charge in [0, 0.05) is 42.2 Å². The Hall–Kier alpha value is -1.95. The summed E-state index contributed by atoms with van der Waals surface area (Å²) in [6.45, 7) is 7.77. The van der Waals surface area contributed by atoms with Crippen molar-refractivity contribution in [1.82, 2.24) is 14.5 Å². The van der Waals surface area contributed by atoms with Gasteiger partial charge in [-0.2, -0.15) is 0 Å². The van der Waals surface area contributed by atoms with Crippen molar-refractivity contribution in [3.63, 3.8) is 0 Å². The summed E-state index contributed by atoms with van der Waals surface area (Å²) in [5, 5.41) is 2.78. The number of likely N-dealkylation sites (tertiary alicyclic amines) is 1. The van der Waals surface area contributed by atoms with Crippen LogP contribution >= 0.6 is 11.3 Å². The van der Waals surface area contributed by atoms with Gasteiger partial charge in [0.05, 0.1) is 5.01 Å². The van der Waals surface area contributed by atoms with E-state index in [2.05, 4.69) is 24.9 Å². The first-order valence-corrected chi connectivity index (χ1v) is 10.7. The maximum atomic E-state index is 13.0. The largest absolute Gasteiger partial charge is 0.336 e. The standard InChI is InChI=1S/C21H27N3O2S/c1-13(2)7-8-19-16-9-15(18-5-4-6-20(25)24(18)19)10-23(11-16)21(26)17-12-27-14(3)22-17/h4-6,12-13,15-16,19H,7-11H2,1-3H3/t15-,16+,19+/m1/s1. The Bertz CT molecular complexity index is 901. The average molecular weight is 386 g/mol. The van der Waals surface area contributed by atoms with Crippen molar-refractivity contribution in [3.8, 4) is 0 Å². The molecule has 4 rings (SSSR count). The van der Waals surface area contributed by atoms with E-state index < -0.39 is 0 Å². The second kappa shape index (κ2) is 7.23. The van der Waals surface area contributed by atoms with Crippen LogP contribution in [0.25, 0.3) is 0 Å². The lowest BCUT2D eigenvalue weighted by molar-refractivity contribution is 0.0508. The van der Waals surface area contributed by atoms with Crippen LogP contribution in [0.2, 0.25) is 0 Å². The molecule has 0 unspecified atom stereocenters. The van der Waals surface area contributed by atoms with Gasteiger partial charge in [-0.3, -0.25) is 9.59 Å². The van der Waals surface area contributed by atoms with E-state index in [1.165, 1.54) is 11.3 Å². The lowest BCUT2D eigenvalue weighted by Crippen LogP contribution is -2.51. The van der Waals surface area contributed by atoms with Gasteiger partial charge in [0.2, 0.25) is 0 Å². The molecule has 5 nitrogen and oxygen atoms in total. The normalized spacial score (nSPS) is 24.1. The first-order chi connectivity index (χ1) is 12.9. The molecular formula is C21H27N3O2S. The Morgan fingerprint density at radius 2 is 2.15 bits per heavy atom. The Kier molecular flexibility index (Phi) is 4.93. The molecular weight excluding hydrogens is 358 g/mol. The van der Waals surface area contributed by atoms with Crippen molar-refractivity contribution in [3.05, 3.63) is 50.3 Å². The molecule has 0 aromatic carbocycles. The summed E-state index contributed by atoms with van der Waals surface area (Å²) < 4.78 is 2.04. The number of carbonyl (C=O) groups excluding carboxylic acids is 1. The highest BCUT2D eigenvalue weighted by Crippen LogP contribution is 2.43. The highest BCUT2D eigenvalue weighted by molar-refractivity contribution is 7.09. The van der Waals surface area contributed by atoms with E-state index in [9.17, 15) is 9.59 Å². The molecule has 0 aliphatic carbocycles. The number of aromatic nitrogens is 2. The molecule has 1 saturated heterocycles. The predicted molar refractivity (Wildman–Crippen MR) is 107 cm³/mol. The maximum Gasteiger partial charge on any atom is 0.273 e. The third-order valence-electron chi connectivity index (χ3n) is 5.96. The van der Waals surface area contributed by atoms with E-state index in [1.54, 1.807) is 6.07 Å². The van der Waals surface area contributed by atoms with Crippen molar-refractivity contribution >= 4 is 17.2 Å². The molecule has 2 bridgehead atoms. The monoisotopic (exact) mass is 385 g/mol. The minimum Gasteiger partial charge on any atom is -0.336 e. The number of hydrogen-bond donors (Lipinski definition) is 0. The highest BCUT2D eigenvalue weighted by atomic mass is 32.1. The smallest absolute Gasteiger partial charge is 0.273 e. The zero-order valence-corrected chi connectivity index (χ0v) is 17.0. The zero-order chi connectivity index (χ0) is 19.1. The lowest BCUT2D eigenvalue weighted by Gasteiger charge is -2.47. The van der Waals surface area contributed by atoms with E-state index in [1.807, 2.05) is 27.8 Å². The number of rotatable bonds is 4. The second-order valence-corrected chi connectivity index (χ2v) is 9.41. The van der Waals surface area contributed by atoms with Gasteiger partial charge in [0.1, 0.15) is 5.69 Å². The molecule has 2 aromatic heterocycles. The van der Waals surface area contributed by atoms with Crippen molar-refractivity contribution in [2.24, 2.45) is 11.8 Å². The summed E-state index contributed by atoms with van der Waals surface area (Å²) in [6.07, 6.45) is 3.14. The van der Waals surface area contributed by atoms with Crippen LogP contribution < -0.4 is 5.56 Å². The van der Waals surface area contributed by atoms with Crippen LogP contribution in [-0.2, 0) is 0 Å². The first kappa shape index (κ1) is 18.4. The predicted octanol–water partition coefficient (Wildman–Crippen LogP) is 3.85. The average Bonchev–Trinajstić information content (AvgIpc) is 3.07. The van der Waals surface area contributed by atoms with Crippen LogP contribution in [0.4, 0.5) is 0 Å². The van der Waals surface area contributed by atoms with Crippen LogP contribution in [0, 0.1) is 18.8 Å². The Balaban J connectivity index is 1.66. The molecule has 0 N–H and O–H groups in total. The van der Waals surface area contributed by atoms with Gasteiger partial charge in [0.25, 0.3) is 11.5 Å². The topological polar surface area (TPSA) is 55.2 Å². The molecule has 0 saturated carbocycles. The van der Waals surface area contributed by atoms with E-state index in [0.29, 0.717) is 24.1 Å². The summed E-state index contributed by atoms with van der Waals surface area (Å²) in [5.74, 6) is 1.20. The van der Waals surface area contributed by atoms with Crippen molar-refractivity contribution < 1.29 is 4.79 Å². The Morgan fingerprint density at radius 1 is 1.33 bits per heavy atom. The van der Waals surface area contributed by atoms with Crippen molar-refractivity contribution in [2.45, 2.75) is 52.0 Å². The molecule has 1 amide bonds. The number of aryl methyl sites for hydroxylation is 1. The van der Waals surface area contributed by atoms with Crippen molar-refractivity contribution in [1.29, 1.82) is 0 Å². The fourth-order valence-corrected chi connectivity index (χ4v) is 5.29. The number of nitrogens with zero attached hydrogens (tertiary/aromatic N) is 3. The Morgan fingerprint density at radius 3 is 2.85 bits per heavy atom. The van der Waals surface area contributed by atoms with Gasteiger partial charge >= 0.3 is 0 Å². The van der Waals surface area contributed by atoms with Crippen LogP contribution in [0.5, 0.6) is 0 Å². The number of piperidine rings is 1. The number of hydrogen-bond acceptors (Lipinski definition) is 4. The van der Waals surface area contributed by atoms with Gasteiger partial charge in [-0.1, -0.05) is 19.9 Å². The van der Waals surface area contributed by atoms with E-state index in [0.717, 1.165) is 36.5 Å². The van der Waals surface area contributed by atoms with Gasteiger partial charge in [-0.15, -0.1) is 11.3 Å². The number of fused-ring (bicyclic) bond motifs is 4. The maximum absolute atomic E-state index is 13.0. The molecule has 1 fully saturated rings. The summed E-state index contributed by atoms with van der Waals surface area (Å²) in [5.41, 5.74) is 1.76. The van der Waals surface area contributed by atoms with E-state index in [4.69, 9.17) is 0 Å². The lowest BCUT2D eigenvalue weighted by atomic mass is 9.76. The summed E-state index contributed by atoms with van der Waals surface area (Å²) in [6, 6.07) is 5.79. The quantitative estimate of drug-likeness (QED) is 0.803. The van der Waals surface area contributed by atoms with Crippen LogP contribution in [0.15, 0.2) is 28.4 Å². The molecule has 144 valence electrons. The van der Waals surface area contributed by atoms with Crippen LogP contribution in [-0.4, -0.2) is 33.4 Å². The van der Waals surface area contributed by atoms with Crippen molar-refractivity contribution in [2.75, 3.05) is 13.1 Å². The fraction of sp³-hybridized carbons (Fsp3) is 0.571. The number of carbonyl (C=O) groups is 1. The molecule has 0 spiro atoms. The highest BCUT2D eigenvalue weighted by Gasteiger charge is 2.41. The molecule has 2 aliphatic rings. The van der Waals surface area contributed by atoms with E-state index >= 15 is 0 Å². The van der Waals surface area contributed by atoms with Crippen LogP contribution in [0.1, 0.15) is 66.3 Å². The van der Waals surface area contributed by atoms with Gasteiger partial charge in [-0.05, 0) is 44.1 Å². The minimum atomic E-state index is 0.0309. The van der Waals surface area contributed by atoms with Gasteiger partial charge in [-0.25, -0.2) is 4.98 Å². The summed E-state index contributed by atoms with van der Waals surface area (Å²) >= 11 is 1.52. The van der Waals surface area contributed by atoms with Gasteiger partial charge in [0.15, 0.2) is 0 Å². The third kappa shape index (κ3) is 3.47. The molecule has 6 heteroatoms. The molecule has 0 radical (unpaired) electrons. The molecule has 3 atom stereocenters. The third-order valence-corrected chi connectivity index (χ3v) is 6.74. The number of thiazole rings is 1. The zero-order valence-electron chi connectivity index (χ0n) is 16.2. The molecule has 4 heterocycles. The second-order valence-electron chi connectivity index (χ2n) is 8.35. The summed E-state index contributed by atoms with van der Waals surface area (Å²) in [4.78, 5) is 32.0. The van der Waals surface area contributed by atoms with E-state index in [-0.39, 0.29) is 23.4 Å². The number of pyridine rings is 1. The van der Waals surface area contributed by atoms with Gasteiger partial charge < -0.3 is 9.47 Å². The first-order valence-electron chi connectivity index (χ1n) is 9.87. The molecule has 2 aliphatic heterocycles. The minimum absolute atomic E-state index is 0.0309. The summed E-state index contributed by atoms with van der Waals surface area (Å²) in [7, 11) is 0. The number of amides is 1. The molecule has 2 aromatic rings. The SMILES string of the molecule is Cc1nc(C(=O)N2C[C@H]3C[C@@H](C2)[C@H](CCC(C)C)n2c3cccc2=O)cs1.